The predicted octanol–water partition coefficient (Wildman–Crippen LogP) is 2.83. The molecule has 2 saturated carbocycles. The first-order chi connectivity index (χ1) is 7.65. The summed E-state index contributed by atoms with van der Waals surface area (Å²) in [5.41, 5.74) is 0.568. The van der Waals surface area contributed by atoms with E-state index in [1.807, 2.05) is 0 Å². The van der Waals surface area contributed by atoms with Gasteiger partial charge in [-0.05, 0) is 63.3 Å². The van der Waals surface area contributed by atoms with Crippen molar-refractivity contribution in [3.05, 3.63) is 0 Å². The lowest BCUT2D eigenvalue weighted by molar-refractivity contribution is 0.0485. The molecule has 2 aliphatic rings. The molecular weight excluding hydrogens is 198 g/mol. The highest BCUT2D eigenvalue weighted by molar-refractivity contribution is 5.04. The van der Waals surface area contributed by atoms with Crippen molar-refractivity contribution in [3.63, 3.8) is 0 Å². The smallest absolute Gasteiger partial charge is 0.0518 e. The number of ether oxygens (including phenoxy) is 1. The third kappa shape index (κ3) is 2.98. The van der Waals surface area contributed by atoms with Gasteiger partial charge in [0.05, 0.1) is 6.10 Å². The van der Waals surface area contributed by atoms with Crippen LogP contribution in [0, 0.1) is 17.3 Å². The van der Waals surface area contributed by atoms with Gasteiger partial charge in [0.15, 0.2) is 0 Å². The lowest BCUT2D eigenvalue weighted by Gasteiger charge is -2.31. The molecule has 16 heavy (non-hydrogen) atoms. The van der Waals surface area contributed by atoms with E-state index in [0.29, 0.717) is 11.5 Å². The molecule has 0 heterocycles. The molecule has 2 atom stereocenters. The van der Waals surface area contributed by atoms with Crippen LogP contribution in [0.15, 0.2) is 0 Å². The monoisotopic (exact) mass is 225 g/mol. The average Bonchev–Trinajstić information content (AvgIpc) is 2.84. The molecule has 0 aromatic carbocycles. The first-order valence-corrected chi connectivity index (χ1v) is 6.97. The van der Waals surface area contributed by atoms with Gasteiger partial charge in [-0.25, -0.2) is 0 Å². The third-order valence-corrected chi connectivity index (χ3v) is 4.29. The van der Waals surface area contributed by atoms with Crippen LogP contribution in [0.25, 0.3) is 0 Å². The SMILES string of the molecule is CCNCC1(CCOC(C)C)CC2CC2C1. The van der Waals surface area contributed by atoms with Crippen molar-refractivity contribution in [1.82, 2.24) is 5.32 Å². The van der Waals surface area contributed by atoms with Crippen molar-refractivity contribution in [2.24, 2.45) is 17.3 Å². The fraction of sp³-hybridized carbons (Fsp3) is 1.00. The van der Waals surface area contributed by atoms with E-state index in [4.69, 9.17) is 4.74 Å². The van der Waals surface area contributed by atoms with Crippen LogP contribution in [0.2, 0.25) is 0 Å². The summed E-state index contributed by atoms with van der Waals surface area (Å²) in [7, 11) is 0. The standard InChI is InChI=1S/C14H27NO/c1-4-15-10-14(5-6-16-11(2)3)8-12-7-13(12)9-14/h11-13,15H,4-10H2,1-3H3. The van der Waals surface area contributed by atoms with E-state index in [9.17, 15) is 0 Å². The second-order valence-electron chi connectivity index (χ2n) is 6.11. The molecule has 0 saturated heterocycles. The van der Waals surface area contributed by atoms with Crippen LogP contribution in [0.1, 0.15) is 46.5 Å². The zero-order valence-electron chi connectivity index (χ0n) is 11.1. The number of fused-ring (bicyclic) bond motifs is 1. The first kappa shape index (κ1) is 12.4. The van der Waals surface area contributed by atoms with Crippen LogP contribution < -0.4 is 5.32 Å². The maximum atomic E-state index is 5.73. The van der Waals surface area contributed by atoms with Gasteiger partial charge in [0.25, 0.3) is 0 Å². The molecule has 2 nitrogen and oxygen atoms in total. The number of hydrogen-bond donors (Lipinski definition) is 1. The minimum Gasteiger partial charge on any atom is -0.379 e. The van der Waals surface area contributed by atoms with Crippen LogP contribution in [-0.4, -0.2) is 25.8 Å². The quantitative estimate of drug-likeness (QED) is 0.719. The zero-order valence-corrected chi connectivity index (χ0v) is 11.1. The maximum absolute atomic E-state index is 5.73. The van der Waals surface area contributed by atoms with E-state index in [2.05, 4.69) is 26.1 Å². The van der Waals surface area contributed by atoms with Crippen molar-refractivity contribution in [2.45, 2.75) is 52.6 Å². The van der Waals surface area contributed by atoms with E-state index in [1.165, 1.54) is 32.2 Å². The Morgan fingerprint density at radius 2 is 2.00 bits per heavy atom. The maximum Gasteiger partial charge on any atom is 0.0518 e. The highest BCUT2D eigenvalue weighted by Crippen LogP contribution is 2.60. The van der Waals surface area contributed by atoms with Crippen molar-refractivity contribution in [3.8, 4) is 0 Å². The molecule has 0 aliphatic heterocycles. The zero-order chi connectivity index (χ0) is 11.6. The lowest BCUT2D eigenvalue weighted by atomic mass is 9.80. The molecule has 2 unspecified atom stereocenters. The highest BCUT2D eigenvalue weighted by atomic mass is 16.5. The fourth-order valence-corrected chi connectivity index (χ4v) is 3.34. The van der Waals surface area contributed by atoms with E-state index in [1.54, 1.807) is 0 Å². The van der Waals surface area contributed by atoms with E-state index in [-0.39, 0.29) is 0 Å². The van der Waals surface area contributed by atoms with E-state index < -0.39 is 0 Å². The van der Waals surface area contributed by atoms with E-state index in [0.717, 1.165) is 25.0 Å². The molecule has 0 amide bonds. The summed E-state index contributed by atoms with van der Waals surface area (Å²) < 4.78 is 5.73. The average molecular weight is 225 g/mol. The molecule has 94 valence electrons. The summed E-state index contributed by atoms with van der Waals surface area (Å²) in [6.07, 6.45) is 6.05. The van der Waals surface area contributed by atoms with E-state index >= 15 is 0 Å². The van der Waals surface area contributed by atoms with Gasteiger partial charge in [-0.15, -0.1) is 0 Å². The fourth-order valence-electron chi connectivity index (χ4n) is 3.34. The molecule has 2 fully saturated rings. The van der Waals surface area contributed by atoms with Crippen molar-refractivity contribution < 1.29 is 4.74 Å². The van der Waals surface area contributed by atoms with Crippen molar-refractivity contribution >= 4 is 0 Å². The Kier molecular flexibility index (Phi) is 3.91. The Hall–Kier alpha value is -0.0800. The molecule has 0 spiro atoms. The predicted molar refractivity (Wildman–Crippen MR) is 67.5 cm³/mol. The molecule has 2 heteroatoms. The van der Waals surface area contributed by atoms with Crippen LogP contribution in [-0.2, 0) is 4.74 Å². The van der Waals surface area contributed by atoms with Gasteiger partial charge in [-0.1, -0.05) is 6.92 Å². The minimum absolute atomic E-state index is 0.382. The molecule has 2 aliphatic carbocycles. The largest absolute Gasteiger partial charge is 0.379 e. The normalized spacial score (nSPS) is 36.8. The second kappa shape index (κ2) is 5.05. The molecule has 0 aromatic heterocycles. The summed E-state index contributed by atoms with van der Waals surface area (Å²) in [4.78, 5) is 0. The van der Waals surface area contributed by atoms with Crippen LogP contribution in [0.3, 0.4) is 0 Å². The molecule has 0 bridgehead atoms. The Bertz CT molecular complexity index is 217. The summed E-state index contributed by atoms with van der Waals surface area (Å²) in [6, 6.07) is 0. The first-order valence-electron chi connectivity index (χ1n) is 6.97. The summed E-state index contributed by atoms with van der Waals surface area (Å²) in [6.45, 7) is 9.71. The van der Waals surface area contributed by atoms with Crippen molar-refractivity contribution in [2.75, 3.05) is 19.7 Å². The Morgan fingerprint density at radius 1 is 1.31 bits per heavy atom. The lowest BCUT2D eigenvalue weighted by Crippen LogP contribution is -2.34. The summed E-state index contributed by atoms with van der Waals surface area (Å²) in [5.74, 6) is 2.13. The summed E-state index contributed by atoms with van der Waals surface area (Å²) in [5, 5.41) is 3.55. The van der Waals surface area contributed by atoms with Crippen LogP contribution in [0.5, 0.6) is 0 Å². The van der Waals surface area contributed by atoms with Crippen molar-refractivity contribution in [1.29, 1.82) is 0 Å². The van der Waals surface area contributed by atoms with Gasteiger partial charge in [0.2, 0.25) is 0 Å². The Morgan fingerprint density at radius 3 is 2.56 bits per heavy atom. The molecular formula is C14H27NO. The van der Waals surface area contributed by atoms with Gasteiger partial charge < -0.3 is 10.1 Å². The number of hydrogen-bond acceptors (Lipinski definition) is 2. The second-order valence-corrected chi connectivity index (χ2v) is 6.11. The van der Waals surface area contributed by atoms with Crippen LogP contribution in [0.4, 0.5) is 0 Å². The molecule has 1 N–H and O–H groups in total. The van der Waals surface area contributed by atoms with Gasteiger partial charge in [-0.2, -0.15) is 0 Å². The topological polar surface area (TPSA) is 21.3 Å². The van der Waals surface area contributed by atoms with Gasteiger partial charge in [-0.3, -0.25) is 0 Å². The summed E-state index contributed by atoms with van der Waals surface area (Å²) >= 11 is 0. The Labute approximate surface area is 100 Å². The Balaban J connectivity index is 1.78. The minimum atomic E-state index is 0.382. The van der Waals surface area contributed by atoms with Crippen LogP contribution >= 0.6 is 0 Å². The van der Waals surface area contributed by atoms with Gasteiger partial charge in [0.1, 0.15) is 0 Å². The highest BCUT2D eigenvalue weighted by Gasteiger charge is 2.52. The number of nitrogens with one attached hydrogen (secondary N) is 1. The van der Waals surface area contributed by atoms with Gasteiger partial charge >= 0.3 is 0 Å². The molecule has 2 rings (SSSR count). The molecule has 0 aromatic rings. The third-order valence-electron chi connectivity index (χ3n) is 4.29. The van der Waals surface area contributed by atoms with Gasteiger partial charge in [0, 0.05) is 13.2 Å². The molecule has 0 radical (unpaired) electrons. The number of rotatable bonds is 7.